The fourth-order valence-electron chi connectivity index (χ4n) is 3.75. The zero-order chi connectivity index (χ0) is 20.4. The Morgan fingerprint density at radius 3 is 2.76 bits per heavy atom. The molecule has 152 valence electrons. The summed E-state index contributed by atoms with van der Waals surface area (Å²) in [7, 11) is 0. The molecule has 0 radical (unpaired) electrons. The van der Waals surface area contributed by atoms with Gasteiger partial charge in [0.25, 0.3) is 11.8 Å². The topological polar surface area (TPSA) is 53.4 Å². The number of hydrogen-bond donors (Lipinski definition) is 3. The van der Waals surface area contributed by atoms with Crippen molar-refractivity contribution in [2.45, 2.75) is 31.9 Å². The van der Waals surface area contributed by atoms with E-state index in [0.29, 0.717) is 36.9 Å². The van der Waals surface area contributed by atoms with Gasteiger partial charge in [0.2, 0.25) is 5.69 Å². The number of amides is 1. The van der Waals surface area contributed by atoms with Gasteiger partial charge in [-0.25, -0.2) is 13.8 Å². The number of carbonyl (C=O) groups excluding carboxylic acids is 1. The summed E-state index contributed by atoms with van der Waals surface area (Å²) < 4.78 is 28.8. The average molecular weight is 421 g/mol. The molecular weight excluding hydrogens is 398 g/mol. The molecule has 3 heterocycles. The fourth-order valence-corrected chi connectivity index (χ4v) is 3.97. The van der Waals surface area contributed by atoms with Crippen LogP contribution in [0.1, 0.15) is 34.7 Å². The summed E-state index contributed by atoms with van der Waals surface area (Å²) in [4.78, 5) is 17.1. The van der Waals surface area contributed by atoms with Gasteiger partial charge in [0, 0.05) is 11.6 Å². The van der Waals surface area contributed by atoms with Crippen molar-refractivity contribution in [2.24, 2.45) is 0 Å². The summed E-state index contributed by atoms with van der Waals surface area (Å²) in [6.07, 6.45) is 1.68. The van der Waals surface area contributed by atoms with Crippen LogP contribution in [0, 0.1) is 0 Å². The summed E-state index contributed by atoms with van der Waals surface area (Å²) in [5.41, 5.74) is 2.13. The van der Waals surface area contributed by atoms with Crippen molar-refractivity contribution in [1.82, 2.24) is 10.3 Å². The van der Waals surface area contributed by atoms with Gasteiger partial charge in [0.05, 0.1) is 32.1 Å². The molecule has 0 aliphatic carbocycles. The number of quaternary nitrogens is 1. The molecule has 4 rings (SSSR count). The molecule has 0 atom stereocenters. The van der Waals surface area contributed by atoms with E-state index in [4.69, 9.17) is 11.6 Å². The monoisotopic (exact) mass is 420 g/mol. The highest BCUT2D eigenvalue weighted by atomic mass is 35.5. The standard InChI is InChI=1S/C21H21ClF2N4O/c22-16-5-3-4-15(12-16)13-25-20(29)19-17-6-1-2-9-28(17)18(26-19)14-27-10-7-21(23,24)8-11-27/h1-6,9,12H,7-8,10-11,13-14H2,(H,25,29)/p+2. The van der Waals surface area contributed by atoms with Gasteiger partial charge in [-0.1, -0.05) is 29.8 Å². The van der Waals surface area contributed by atoms with Gasteiger partial charge in [-0.05, 0) is 29.8 Å². The number of alkyl halides is 2. The molecule has 1 aliphatic heterocycles. The van der Waals surface area contributed by atoms with Gasteiger partial charge in [-0.3, -0.25) is 4.79 Å². The summed E-state index contributed by atoms with van der Waals surface area (Å²) in [5, 5.41) is 3.53. The molecule has 0 spiro atoms. The van der Waals surface area contributed by atoms with E-state index in [1.165, 1.54) is 0 Å². The number of nitrogens with one attached hydrogen (secondary N) is 3. The molecule has 3 aromatic rings. The molecule has 0 bridgehead atoms. The Bertz CT molecular complexity index is 1030. The van der Waals surface area contributed by atoms with Crippen molar-refractivity contribution in [1.29, 1.82) is 0 Å². The summed E-state index contributed by atoms with van der Waals surface area (Å²) in [5.74, 6) is -1.95. The first-order valence-electron chi connectivity index (χ1n) is 9.66. The van der Waals surface area contributed by atoms with Crippen LogP contribution in [0.5, 0.6) is 0 Å². The molecule has 2 aromatic heterocycles. The molecule has 5 nitrogen and oxygen atoms in total. The number of halogens is 3. The lowest BCUT2D eigenvalue weighted by Crippen LogP contribution is -3.12. The average Bonchev–Trinajstić information content (AvgIpc) is 3.07. The van der Waals surface area contributed by atoms with Gasteiger partial charge in [-0.15, -0.1) is 0 Å². The number of aromatic nitrogens is 2. The third kappa shape index (κ3) is 4.57. The minimum atomic E-state index is -2.56. The Kier molecular flexibility index (Phi) is 5.52. The lowest BCUT2D eigenvalue weighted by molar-refractivity contribution is -0.927. The van der Waals surface area contributed by atoms with E-state index >= 15 is 0 Å². The van der Waals surface area contributed by atoms with Crippen LogP contribution >= 0.6 is 11.6 Å². The number of piperidine rings is 1. The minimum Gasteiger partial charge on any atom is -0.345 e. The first-order chi connectivity index (χ1) is 13.9. The largest absolute Gasteiger partial charge is 0.345 e. The molecule has 1 saturated heterocycles. The van der Waals surface area contributed by atoms with Gasteiger partial charge >= 0.3 is 5.82 Å². The van der Waals surface area contributed by atoms with Crippen LogP contribution in [0.3, 0.4) is 0 Å². The van der Waals surface area contributed by atoms with Crippen LogP contribution in [-0.4, -0.2) is 29.9 Å². The van der Waals surface area contributed by atoms with Gasteiger partial charge < -0.3 is 10.2 Å². The number of imidazole rings is 1. The first-order valence-corrected chi connectivity index (χ1v) is 10.0. The number of benzene rings is 1. The van der Waals surface area contributed by atoms with Crippen LogP contribution < -0.4 is 14.6 Å². The number of pyridine rings is 1. The maximum absolute atomic E-state index is 13.4. The van der Waals surface area contributed by atoms with Crippen LogP contribution in [0.15, 0.2) is 48.7 Å². The Hall–Kier alpha value is -2.51. The molecule has 8 heteroatoms. The van der Waals surface area contributed by atoms with Crippen molar-refractivity contribution in [3.05, 3.63) is 70.8 Å². The number of aromatic amines is 1. The van der Waals surface area contributed by atoms with Crippen molar-refractivity contribution >= 4 is 23.0 Å². The van der Waals surface area contributed by atoms with Crippen molar-refractivity contribution in [3.63, 3.8) is 0 Å². The molecule has 1 aromatic carbocycles. The van der Waals surface area contributed by atoms with E-state index in [1.807, 2.05) is 47.0 Å². The maximum atomic E-state index is 13.4. The van der Waals surface area contributed by atoms with Crippen LogP contribution in [-0.2, 0) is 13.1 Å². The van der Waals surface area contributed by atoms with Gasteiger partial charge in [0.15, 0.2) is 12.1 Å². The van der Waals surface area contributed by atoms with E-state index in [0.717, 1.165) is 21.8 Å². The Labute approximate surface area is 172 Å². The molecule has 1 aliphatic rings. The molecule has 0 saturated carbocycles. The third-order valence-corrected chi connectivity index (χ3v) is 5.59. The van der Waals surface area contributed by atoms with Crippen molar-refractivity contribution < 1.29 is 22.9 Å². The van der Waals surface area contributed by atoms with Crippen LogP contribution in [0.2, 0.25) is 5.02 Å². The van der Waals surface area contributed by atoms with E-state index in [1.54, 1.807) is 6.07 Å². The van der Waals surface area contributed by atoms with Gasteiger partial charge in [0.1, 0.15) is 0 Å². The zero-order valence-corrected chi connectivity index (χ0v) is 16.6. The second-order valence-corrected chi connectivity index (χ2v) is 7.93. The fraction of sp³-hybridized carbons (Fsp3) is 0.333. The quantitative estimate of drug-likeness (QED) is 0.544. The predicted octanol–water partition coefficient (Wildman–Crippen LogP) is 2.15. The number of nitrogens with zero attached hydrogens (tertiary/aromatic N) is 1. The Balaban J connectivity index is 1.51. The Morgan fingerprint density at radius 1 is 1.21 bits per heavy atom. The third-order valence-electron chi connectivity index (χ3n) is 5.35. The lowest BCUT2D eigenvalue weighted by atomic mass is 10.1. The summed E-state index contributed by atoms with van der Waals surface area (Å²) in [6.45, 7) is 1.75. The molecule has 29 heavy (non-hydrogen) atoms. The van der Waals surface area contributed by atoms with Crippen LogP contribution in [0.25, 0.3) is 5.52 Å². The summed E-state index contributed by atoms with van der Waals surface area (Å²) >= 11 is 6.00. The zero-order valence-electron chi connectivity index (χ0n) is 15.9. The van der Waals surface area contributed by atoms with Crippen molar-refractivity contribution in [3.8, 4) is 0 Å². The van der Waals surface area contributed by atoms with E-state index in [-0.39, 0.29) is 18.7 Å². The number of likely N-dealkylation sites (tertiary alicyclic amines) is 1. The lowest BCUT2D eigenvalue weighted by Gasteiger charge is -2.27. The minimum absolute atomic E-state index is 0.0986. The molecule has 1 amide bonds. The summed E-state index contributed by atoms with van der Waals surface area (Å²) in [6, 6.07) is 13.0. The second kappa shape index (κ2) is 8.08. The van der Waals surface area contributed by atoms with Crippen molar-refractivity contribution in [2.75, 3.05) is 13.1 Å². The molecular formula is C21H23ClF2N4O+2. The highest BCUT2D eigenvalue weighted by Gasteiger charge is 2.38. The number of rotatable bonds is 5. The van der Waals surface area contributed by atoms with E-state index in [9.17, 15) is 13.6 Å². The number of hydrogen-bond acceptors (Lipinski definition) is 1. The maximum Gasteiger partial charge on any atom is 0.316 e. The molecule has 0 unspecified atom stereocenters. The Morgan fingerprint density at radius 2 is 2.00 bits per heavy atom. The first kappa shape index (κ1) is 19.8. The normalized spacial score (nSPS) is 16.8. The predicted molar refractivity (Wildman–Crippen MR) is 105 cm³/mol. The highest BCUT2D eigenvalue weighted by Crippen LogP contribution is 2.22. The number of H-pyrrole nitrogens is 1. The molecule has 3 N–H and O–H groups in total. The smallest absolute Gasteiger partial charge is 0.316 e. The van der Waals surface area contributed by atoms with Crippen LogP contribution in [0.4, 0.5) is 8.78 Å². The van der Waals surface area contributed by atoms with E-state index < -0.39 is 5.92 Å². The van der Waals surface area contributed by atoms with Gasteiger partial charge in [-0.2, -0.15) is 4.40 Å². The van der Waals surface area contributed by atoms with E-state index in [2.05, 4.69) is 10.3 Å². The number of carbonyl (C=O) groups is 1. The molecule has 1 fully saturated rings. The SMILES string of the molecule is O=C(NCc1cccc(Cl)c1)c1[nH]c(C[NH+]2CCC(F)(F)CC2)[n+]2ccccc12. The second-order valence-electron chi connectivity index (χ2n) is 7.50. The highest BCUT2D eigenvalue weighted by molar-refractivity contribution is 6.30. The number of fused-ring (bicyclic) bond motifs is 1.